The minimum atomic E-state index is -0.490. The van der Waals surface area contributed by atoms with Gasteiger partial charge in [0.2, 0.25) is 0 Å². The lowest BCUT2D eigenvalue weighted by Crippen LogP contribution is -2.20. The van der Waals surface area contributed by atoms with Crippen LogP contribution in [0.3, 0.4) is 0 Å². The molecule has 6 nitrogen and oxygen atoms in total. The average molecular weight is 383 g/mol. The summed E-state index contributed by atoms with van der Waals surface area (Å²) in [5, 5.41) is 30.4. The van der Waals surface area contributed by atoms with Gasteiger partial charge < -0.3 is 5.11 Å². The standard InChI is InChI=1S/C22H29N3O3/c1-7-21(3,4)15-13-16(22(5,6)8-2)20(26)18(14-15)24-23-17-11-9-10-12-19(17)25(27)28/h9-14,26H,7-8H2,1-6H3. The van der Waals surface area contributed by atoms with Crippen LogP contribution in [0, 0.1) is 10.1 Å². The lowest BCUT2D eigenvalue weighted by Gasteiger charge is -2.30. The van der Waals surface area contributed by atoms with Crippen molar-refractivity contribution in [2.24, 2.45) is 10.2 Å². The monoisotopic (exact) mass is 383 g/mol. The third kappa shape index (κ3) is 4.38. The van der Waals surface area contributed by atoms with Gasteiger partial charge in [-0.2, -0.15) is 0 Å². The minimum absolute atomic E-state index is 0.0739. The number of phenolic OH excluding ortho intramolecular Hbond substituents is 1. The molecular weight excluding hydrogens is 354 g/mol. The second-order valence-corrected chi connectivity index (χ2v) is 8.31. The summed E-state index contributed by atoms with van der Waals surface area (Å²) in [7, 11) is 0. The zero-order valence-electron chi connectivity index (χ0n) is 17.5. The van der Waals surface area contributed by atoms with E-state index in [-0.39, 0.29) is 28.0 Å². The number of nitro benzene ring substituents is 1. The maximum absolute atomic E-state index is 11.2. The van der Waals surface area contributed by atoms with E-state index in [9.17, 15) is 15.2 Å². The fraction of sp³-hybridized carbons (Fsp3) is 0.455. The number of azo groups is 1. The van der Waals surface area contributed by atoms with Crippen molar-refractivity contribution < 1.29 is 10.0 Å². The molecular formula is C22H29N3O3. The number of nitro groups is 1. The molecule has 2 rings (SSSR count). The summed E-state index contributed by atoms with van der Waals surface area (Å²) in [5.74, 6) is 0.0739. The van der Waals surface area contributed by atoms with E-state index in [1.54, 1.807) is 12.1 Å². The highest BCUT2D eigenvalue weighted by atomic mass is 16.6. The van der Waals surface area contributed by atoms with Crippen LogP contribution in [0.4, 0.5) is 17.1 Å². The van der Waals surface area contributed by atoms with E-state index in [1.807, 2.05) is 12.1 Å². The second-order valence-electron chi connectivity index (χ2n) is 8.31. The Hall–Kier alpha value is -2.76. The van der Waals surface area contributed by atoms with Crippen LogP contribution in [0.2, 0.25) is 0 Å². The van der Waals surface area contributed by atoms with E-state index in [4.69, 9.17) is 0 Å². The summed E-state index contributed by atoms with van der Waals surface area (Å²) in [6, 6.07) is 10.1. The zero-order valence-corrected chi connectivity index (χ0v) is 17.5. The van der Waals surface area contributed by atoms with E-state index in [0.717, 1.165) is 24.0 Å². The molecule has 6 heteroatoms. The van der Waals surface area contributed by atoms with Crippen LogP contribution in [-0.4, -0.2) is 10.0 Å². The highest BCUT2D eigenvalue weighted by Gasteiger charge is 2.28. The number of aromatic hydroxyl groups is 1. The molecule has 0 amide bonds. The summed E-state index contributed by atoms with van der Waals surface area (Å²) in [5.41, 5.74) is 1.88. The third-order valence-corrected chi connectivity index (χ3v) is 5.71. The third-order valence-electron chi connectivity index (χ3n) is 5.71. The van der Waals surface area contributed by atoms with Gasteiger partial charge in [0.1, 0.15) is 11.4 Å². The van der Waals surface area contributed by atoms with Crippen LogP contribution >= 0.6 is 0 Å². The Morgan fingerprint density at radius 3 is 2.11 bits per heavy atom. The van der Waals surface area contributed by atoms with Crippen LogP contribution in [0.15, 0.2) is 46.6 Å². The Morgan fingerprint density at radius 1 is 0.964 bits per heavy atom. The number of rotatable bonds is 7. The summed E-state index contributed by atoms with van der Waals surface area (Å²) in [4.78, 5) is 10.7. The van der Waals surface area contributed by atoms with Crippen LogP contribution in [-0.2, 0) is 10.8 Å². The van der Waals surface area contributed by atoms with E-state index < -0.39 is 4.92 Å². The molecule has 0 aromatic heterocycles. The Kier molecular flexibility index (Phi) is 6.22. The Balaban J connectivity index is 2.65. The molecule has 0 spiro atoms. The maximum Gasteiger partial charge on any atom is 0.296 e. The first-order chi connectivity index (χ1) is 13.0. The molecule has 0 bridgehead atoms. The molecule has 0 atom stereocenters. The van der Waals surface area contributed by atoms with E-state index >= 15 is 0 Å². The van der Waals surface area contributed by atoms with Crippen molar-refractivity contribution in [1.82, 2.24) is 0 Å². The second kappa shape index (κ2) is 8.09. The van der Waals surface area contributed by atoms with Crippen molar-refractivity contribution >= 4 is 17.1 Å². The molecule has 0 radical (unpaired) electrons. The molecule has 2 aromatic rings. The molecule has 0 aliphatic heterocycles. The summed E-state index contributed by atoms with van der Waals surface area (Å²) < 4.78 is 0. The molecule has 1 N–H and O–H groups in total. The fourth-order valence-electron chi connectivity index (χ4n) is 2.81. The summed E-state index contributed by atoms with van der Waals surface area (Å²) in [6.45, 7) is 12.6. The zero-order chi connectivity index (χ0) is 21.1. The van der Waals surface area contributed by atoms with Crippen molar-refractivity contribution in [2.75, 3.05) is 0 Å². The first-order valence-electron chi connectivity index (χ1n) is 9.56. The minimum Gasteiger partial charge on any atom is -0.505 e. The molecule has 28 heavy (non-hydrogen) atoms. The average Bonchev–Trinajstić information content (AvgIpc) is 2.66. The normalized spacial score (nSPS) is 12.5. The Bertz CT molecular complexity index is 902. The number of phenols is 1. The first-order valence-corrected chi connectivity index (χ1v) is 9.56. The predicted octanol–water partition coefficient (Wildman–Crippen LogP) is 7.09. The largest absolute Gasteiger partial charge is 0.505 e. The van der Waals surface area contributed by atoms with Gasteiger partial charge in [0.05, 0.1) is 4.92 Å². The van der Waals surface area contributed by atoms with Gasteiger partial charge in [-0.1, -0.05) is 59.7 Å². The highest BCUT2D eigenvalue weighted by Crippen LogP contribution is 2.44. The van der Waals surface area contributed by atoms with Crippen molar-refractivity contribution in [3.05, 3.63) is 57.6 Å². The van der Waals surface area contributed by atoms with Crippen molar-refractivity contribution in [2.45, 2.75) is 65.2 Å². The van der Waals surface area contributed by atoms with Crippen LogP contribution in [0.5, 0.6) is 5.75 Å². The topological polar surface area (TPSA) is 88.1 Å². The van der Waals surface area contributed by atoms with E-state index in [2.05, 4.69) is 51.8 Å². The Labute approximate surface area is 166 Å². The van der Waals surface area contributed by atoms with Gasteiger partial charge in [-0.25, -0.2) is 0 Å². The van der Waals surface area contributed by atoms with Gasteiger partial charge in [-0.05, 0) is 41.4 Å². The van der Waals surface area contributed by atoms with E-state index in [1.165, 1.54) is 12.1 Å². The smallest absolute Gasteiger partial charge is 0.296 e. The van der Waals surface area contributed by atoms with Crippen LogP contribution < -0.4 is 0 Å². The molecule has 2 aromatic carbocycles. The van der Waals surface area contributed by atoms with Crippen molar-refractivity contribution in [3.63, 3.8) is 0 Å². The van der Waals surface area contributed by atoms with Gasteiger partial charge in [0.15, 0.2) is 5.69 Å². The van der Waals surface area contributed by atoms with Crippen molar-refractivity contribution in [3.8, 4) is 5.75 Å². The number of nitrogens with zero attached hydrogens (tertiary/aromatic N) is 3. The SMILES string of the molecule is CCC(C)(C)c1cc(N=Nc2ccccc2[N+](=O)[O-])c(O)c(C(C)(C)CC)c1. The summed E-state index contributed by atoms with van der Waals surface area (Å²) >= 11 is 0. The van der Waals surface area contributed by atoms with Crippen molar-refractivity contribution in [1.29, 1.82) is 0 Å². The van der Waals surface area contributed by atoms with Crippen LogP contribution in [0.25, 0.3) is 0 Å². The maximum atomic E-state index is 11.2. The first kappa shape index (κ1) is 21.5. The van der Waals surface area contributed by atoms with Gasteiger partial charge in [-0.3, -0.25) is 10.1 Å². The van der Waals surface area contributed by atoms with Gasteiger partial charge >= 0.3 is 0 Å². The van der Waals surface area contributed by atoms with Crippen LogP contribution in [0.1, 0.15) is 65.5 Å². The molecule has 0 aliphatic carbocycles. The summed E-state index contributed by atoms with van der Waals surface area (Å²) in [6.07, 6.45) is 1.77. The number of hydrogen-bond donors (Lipinski definition) is 1. The van der Waals surface area contributed by atoms with Gasteiger partial charge in [-0.15, -0.1) is 10.2 Å². The molecule has 0 heterocycles. The molecule has 0 fully saturated rings. The molecule has 0 aliphatic rings. The lowest BCUT2D eigenvalue weighted by atomic mass is 9.76. The molecule has 0 saturated carbocycles. The number of benzene rings is 2. The molecule has 0 unspecified atom stereocenters. The Morgan fingerprint density at radius 2 is 1.54 bits per heavy atom. The highest BCUT2D eigenvalue weighted by molar-refractivity contribution is 5.61. The van der Waals surface area contributed by atoms with E-state index in [0.29, 0.717) is 5.69 Å². The predicted molar refractivity (Wildman–Crippen MR) is 112 cm³/mol. The van der Waals surface area contributed by atoms with Gasteiger partial charge in [0.25, 0.3) is 5.69 Å². The van der Waals surface area contributed by atoms with Gasteiger partial charge in [0, 0.05) is 11.6 Å². The quantitative estimate of drug-likeness (QED) is 0.314. The number of para-hydroxylation sites is 1. The number of hydrogen-bond acceptors (Lipinski definition) is 5. The fourth-order valence-corrected chi connectivity index (χ4v) is 2.81. The molecule has 150 valence electrons. The molecule has 0 saturated heterocycles. The lowest BCUT2D eigenvalue weighted by molar-refractivity contribution is -0.384.